The zero-order chi connectivity index (χ0) is 18.5. The van der Waals surface area contributed by atoms with Crippen molar-refractivity contribution in [2.45, 2.75) is 19.3 Å². The molecule has 7 nitrogen and oxygen atoms in total. The van der Waals surface area contributed by atoms with Crippen molar-refractivity contribution in [1.29, 1.82) is 0 Å². The van der Waals surface area contributed by atoms with Gasteiger partial charge < -0.3 is 19.9 Å². The first-order valence-corrected chi connectivity index (χ1v) is 9.61. The van der Waals surface area contributed by atoms with Crippen LogP contribution >= 0.6 is 0 Å². The van der Waals surface area contributed by atoms with Gasteiger partial charge in [0.15, 0.2) is 0 Å². The van der Waals surface area contributed by atoms with Crippen LogP contribution < -0.4 is 10.2 Å². The summed E-state index contributed by atoms with van der Waals surface area (Å²) in [5.74, 6) is 0.605. The highest BCUT2D eigenvalue weighted by atomic mass is 16.5. The first-order chi connectivity index (χ1) is 13.3. The zero-order valence-electron chi connectivity index (χ0n) is 15.4. The Morgan fingerprint density at radius 3 is 2.48 bits per heavy atom. The molecule has 2 aromatic rings. The molecule has 2 aliphatic rings. The summed E-state index contributed by atoms with van der Waals surface area (Å²) >= 11 is 0. The van der Waals surface area contributed by atoms with Crippen LogP contribution in [0.3, 0.4) is 0 Å². The lowest BCUT2D eigenvalue weighted by molar-refractivity contribution is 0.0718. The Labute approximate surface area is 159 Å². The number of morpholine rings is 1. The Morgan fingerprint density at radius 2 is 1.74 bits per heavy atom. The van der Waals surface area contributed by atoms with Gasteiger partial charge in [-0.2, -0.15) is 0 Å². The van der Waals surface area contributed by atoms with Crippen molar-refractivity contribution in [2.24, 2.45) is 0 Å². The van der Waals surface area contributed by atoms with Crippen molar-refractivity contribution in [3.63, 3.8) is 0 Å². The third-order valence-electron chi connectivity index (χ3n) is 5.03. The maximum Gasteiger partial charge on any atom is 0.274 e. The van der Waals surface area contributed by atoms with Crippen LogP contribution in [0.4, 0.5) is 17.2 Å². The number of aromatic nitrogens is 2. The largest absolute Gasteiger partial charge is 0.378 e. The van der Waals surface area contributed by atoms with E-state index in [0.717, 1.165) is 63.6 Å². The smallest absolute Gasteiger partial charge is 0.274 e. The molecule has 1 aromatic heterocycles. The third kappa shape index (κ3) is 4.19. The predicted octanol–water partition coefficient (Wildman–Crippen LogP) is 2.68. The fourth-order valence-corrected chi connectivity index (χ4v) is 3.56. The van der Waals surface area contributed by atoms with E-state index in [9.17, 15) is 4.79 Å². The summed E-state index contributed by atoms with van der Waals surface area (Å²) in [6.07, 6.45) is 6.53. The summed E-state index contributed by atoms with van der Waals surface area (Å²) in [5.41, 5.74) is 2.50. The monoisotopic (exact) mass is 367 g/mol. The zero-order valence-corrected chi connectivity index (χ0v) is 15.4. The molecule has 0 saturated carbocycles. The summed E-state index contributed by atoms with van der Waals surface area (Å²) in [4.78, 5) is 25.4. The molecule has 0 bridgehead atoms. The van der Waals surface area contributed by atoms with Gasteiger partial charge in [0.1, 0.15) is 11.5 Å². The lowest BCUT2D eigenvalue weighted by atomic mass is 10.1. The van der Waals surface area contributed by atoms with Gasteiger partial charge in [-0.05, 0) is 31.4 Å². The number of nitrogens with zero attached hydrogens (tertiary/aromatic N) is 4. The van der Waals surface area contributed by atoms with Crippen molar-refractivity contribution in [3.05, 3.63) is 42.4 Å². The Morgan fingerprint density at radius 1 is 0.963 bits per heavy atom. The number of amides is 1. The summed E-state index contributed by atoms with van der Waals surface area (Å²) in [6, 6.07) is 8.14. The number of hydrogen-bond donors (Lipinski definition) is 1. The van der Waals surface area contributed by atoms with Crippen LogP contribution in [0.5, 0.6) is 0 Å². The van der Waals surface area contributed by atoms with Crippen LogP contribution in [0.25, 0.3) is 0 Å². The number of carbonyl (C=O) groups is 1. The maximum atomic E-state index is 12.5. The average Bonchev–Trinajstić information content (AvgIpc) is 2.75. The normalized spacial score (nSPS) is 17.6. The number of anilines is 3. The molecule has 4 rings (SSSR count). The number of piperidine rings is 1. The topological polar surface area (TPSA) is 70.6 Å². The van der Waals surface area contributed by atoms with Gasteiger partial charge in [-0.15, -0.1) is 0 Å². The van der Waals surface area contributed by atoms with Crippen molar-refractivity contribution in [3.8, 4) is 0 Å². The van der Waals surface area contributed by atoms with E-state index < -0.39 is 0 Å². The van der Waals surface area contributed by atoms with Gasteiger partial charge in [0.2, 0.25) is 0 Å². The fourth-order valence-electron chi connectivity index (χ4n) is 3.56. The van der Waals surface area contributed by atoms with E-state index in [1.165, 1.54) is 6.42 Å². The van der Waals surface area contributed by atoms with Crippen molar-refractivity contribution in [2.75, 3.05) is 49.6 Å². The summed E-state index contributed by atoms with van der Waals surface area (Å²) in [5, 5.41) is 3.33. The predicted molar refractivity (Wildman–Crippen MR) is 105 cm³/mol. The molecular formula is C20H25N5O2. The van der Waals surface area contributed by atoms with Crippen LogP contribution in [-0.4, -0.2) is 60.2 Å². The molecule has 3 heterocycles. The van der Waals surface area contributed by atoms with Gasteiger partial charge in [-0.3, -0.25) is 4.79 Å². The van der Waals surface area contributed by atoms with Gasteiger partial charge in [-0.1, -0.05) is 12.1 Å². The van der Waals surface area contributed by atoms with Crippen molar-refractivity contribution >= 4 is 23.1 Å². The molecule has 2 aliphatic heterocycles. The highest BCUT2D eigenvalue weighted by Gasteiger charge is 2.20. The van der Waals surface area contributed by atoms with E-state index in [-0.39, 0.29) is 5.91 Å². The minimum absolute atomic E-state index is 0.0255. The average molecular weight is 367 g/mol. The van der Waals surface area contributed by atoms with Crippen molar-refractivity contribution in [1.82, 2.24) is 14.9 Å². The molecule has 2 fully saturated rings. The van der Waals surface area contributed by atoms with Crippen LogP contribution in [0, 0.1) is 0 Å². The number of ether oxygens (including phenoxy) is 1. The summed E-state index contributed by atoms with van der Waals surface area (Å²) in [6.45, 7) is 4.84. The molecule has 0 spiro atoms. The van der Waals surface area contributed by atoms with E-state index in [1.807, 2.05) is 23.1 Å². The molecule has 0 unspecified atom stereocenters. The number of nitrogens with one attached hydrogen (secondary N) is 1. The molecule has 1 aromatic carbocycles. The van der Waals surface area contributed by atoms with Crippen LogP contribution in [0.15, 0.2) is 36.7 Å². The molecule has 2 saturated heterocycles. The number of hydrogen-bond acceptors (Lipinski definition) is 6. The maximum absolute atomic E-state index is 12.5. The van der Waals surface area contributed by atoms with E-state index in [0.29, 0.717) is 11.5 Å². The van der Waals surface area contributed by atoms with Crippen molar-refractivity contribution < 1.29 is 9.53 Å². The van der Waals surface area contributed by atoms with E-state index >= 15 is 0 Å². The first kappa shape index (κ1) is 17.7. The highest BCUT2D eigenvalue weighted by Crippen LogP contribution is 2.28. The second-order valence-corrected chi connectivity index (χ2v) is 6.88. The Balaban J connectivity index is 1.46. The number of benzene rings is 1. The first-order valence-electron chi connectivity index (χ1n) is 9.61. The third-order valence-corrected chi connectivity index (χ3v) is 5.03. The number of carbonyl (C=O) groups excluding carboxylic acids is 1. The molecule has 0 atom stereocenters. The standard InChI is InChI=1S/C20H25N5O2/c26-20(25-8-4-1-5-9-25)17-14-22-19(15-21-17)23-16-6-2-3-7-18(16)24-10-12-27-13-11-24/h2-3,6-7,14-15H,1,4-5,8-13H2,(H,22,23). The SMILES string of the molecule is O=C(c1cnc(Nc2ccccc2N2CCOCC2)cn1)N1CCCCC1. The lowest BCUT2D eigenvalue weighted by Crippen LogP contribution is -2.36. The quantitative estimate of drug-likeness (QED) is 0.896. The number of rotatable bonds is 4. The minimum atomic E-state index is -0.0255. The molecule has 142 valence electrons. The molecule has 1 amide bonds. The molecule has 27 heavy (non-hydrogen) atoms. The second kappa shape index (κ2) is 8.35. The number of likely N-dealkylation sites (tertiary alicyclic amines) is 1. The minimum Gasteiger partial charge on any atom is -0.378 e. The van der Waals surface area contributed by atoms with Gasteiger partial charge in [-0.25, -0.2) is 9.97 Å². The Kier molecular flexibility index (Phi) is 5.48. The highest BCUT2D eigenvalue weighted by molar-refractivity contribution is 5.92. The Bertz CT molecular complexity index is 768. The summed E-state index contributed by atoms with van der Waals surface area (Å²) in [7, 11) is 0. The molecule has 7 heteroatoms. The molecule has 1 N–H and O–H groups in total. The van der Waals surface area contributed by atoms with Crippen LogP contribution in [0.1, 0.15) is 29.8 Å². The van der Waals surface area contributed by atoms with E-state index in [4.69, 9.17) is 4.74 Å². The van der Waals surface area contributed by atoms with E-state index in [1.54, 1.807) is 12.4 Å². The van der Waals surface area contributed by atoms with Crippen LogP contribution in [0.2, 0.25) is 0 Å². The van der Waals surface area contributed by atoms with Gasteiger partial charge >= 0.3 is 0 Å². The summed E-state index contributed by atoms with van der Waals surface area (Å²) < 4.78 is 5.44. The van der Waals surface area contributed by atoms with E-state index in [2.05, 4.69) is 26.3 Å². The Hall–Kier alpha value is -2.67. The van der Waals surface area contributed by atoms with Crippen LogP contribution in [-0.2, 0) is 4.74 Å². The van der Waals surface area contributed by atoms with Gasteiger partial charge in [0, 0.05) is 26.2 Å². The second-order valence-electron chi connectivity index (χ2n) is 6.88. The van der Waals surface area contributed by atoms with Gasteiger partial charge in [0.05, 0.1) is 37.0 Å². The molecule has 0 aliphatic carbocycles. The number of para-hydroxylation sites is 2. The fraction of sp³-hybridized carbons (Fsp3) is 0.450. The van der Waals surface area contributed by atoms with Gasteiger partial charge in [0.25, 0.3) is 5.91 Å². The molecule has 0 radical (unpaired) electrons. The molecular weight excluding hydrogens is 342 g/mol. The lowest BCUT2D eigenvalue weighted by Gasteiger charge is -2.30.